The molecule has 2 bridgehead atoms. The SMILES string of the molecule is C[C@@H](NC(=O)c1cnn2c(C(F)(F)F)cc(-c3ccco3)nc12)[C@@H]1C[C@@H]2CC[C@@H]1C2. The molecule has 1 N–H and O–H groups in total. The zero-order chi connectivity index (χ0) is 21.0. The van der Waals surface area contributed by atoms with E-state index in [2.05, 4.69) is 15.4 Å². The number of halogens is 3. The zero-order valence-corrected chi connectivity index (χ0v) is 16.3. The number of hydrogen-bond acceptors (Lipinski definition) is 4. The third-order valence-electron chi connectivity index (χ3n) is 6.57. The highest BCUT2D eigenvalue weighted by Gasteiger charge is 2.42. The molecule has 1 amide bonds. The number of rotatable bonds is 4. The average molecular weight is 418 g/mol. The van der Waals surface area contributed by atoms with Gasteiger partial charge in [0.1, 0.15) is 11.3 Å². The van der Waals surface area contributed by atoms with Gasteiger partial charge in [0, 0.05) is 6.04 Å². The van der Waals surface area contributed by atoms with Crippen molar-refractivity contribution in [3.05, 3.63) is 41.9 Å². The molecule has 2 fully saturated rings. The Kier molecular flexibility index (Phi) is 4.37. The second kappa shape index (κ2) is 6.85. The Balaban J connectivity index is 1.50. The van der Waals surface area contributed by atoms with Crippen LogP contribution >= 0.6 is 0 Å². The molecular weight excluding hydrogens is 397 g/mol. The lowest BCUT2D eigenvalue weighted by Gasteiger charge is -2.28. The Morgan fingerprint density at radius 2 is 2.17 bits per heavy atom. The number of carbonyl (C=O) groups is 1. The van der Waals surface area contributed by atoms with Crippen LogP contribution in [0.5, 0.6) is 0 Å². The fourth-order valence-corrected chi connectivity index (χ4v) is 5.17. The van der Waals surface area contributed by atoms with Crippen molar-refractivity contribution in [3.63, 3.8) is 0 Å². The molecule has 6 nitrogen and oxygen atoms in total. The first-order valence-electron chi connectivity index (χ1n) is 10.1. The molecule has 3 aromatic heterocycles. The van der Waals surface area contributed by atoms with Crippen LogP contribution in [-0.4, -0.2) is 26.5 Å². The van der Waals surface area contributed by atoms with Crippen molar-refractivity contribution in [2.45, 2.75) is 44.8 Å². The minimum absolute atomic E-state index is 0.00414. The van der Waals surface area contributed by atoms with E-state index in [4.69, 9.17) is 4.42 Å². The Bertz CT molecular complexity index is 1090. The minimum atomic E-state index is -4.67. The number of nitrogens with zero attached hydrogens (tertiary/aromatic N) is 3. The van der Waals surface area contributed by atoms with E-state index in [0.29, 0.717) is 16.4 Å². The first-order chi connectivity index (χ1) is 14.3. The number of nitrogens with one attached hydrogen (secondary N) is 1. The van der Waals surface area contributed by atoms with Gasteiger partial charge in [0.05, 0.1) is 12.5 Å². The van der Waals surface area contributed by atoms with Gasteiger partial charge < -0.3 is 9.73 Å². The van der Waals surface area contributed by atoms with Crippen molar-refractivity contribution >= 4 is 11.6 Å². The summed E-state index contributed by atoms with van der Waals surface area (Å²) in [6.45, 7) is 1.97. The van der Waals surface area contributed by atoms with Crippen molar-refractivity contribution in [1.82, 2.24) is 19.9 Å². The van der Waals surface area contributed by atoms with E-state index in [0.717, 1.165) is 24.6 Å². The van der Waals surface area contributed by atoms with Crippen molar-refractivity contribution in [1.29, 1.82) is 0 Å². The number of carbonyl (C=O) groups excluding carboxylic acids is 1. The first-order valence-corrected chi connectivity index (χ1v) is 10.1. The summed E-state index contributed by atoms with van der Waals surface area (Å²) in [7, 11) is 0. The maximum absolute atomic E-state index is 13.6. The van der Waals surface area contributed by atoms with Gasteiger partial charge in [0.15, 0.2) is 17.1 Å². The highest BCUT2D eigenvalue weighted by Crippen LogP contribution is 2.49. The van der Waals surface area contributed by atoms with Crippen molar-refractivity contribution < 1.29 is 22.4 Å². The molecule has 5 rings (SSSR count). The Morgan fingerprint density at radius 3 is 2.80 bits per heavy atom. The number of amides is 1. The van der Waals surface area contributed by atoms with Crippen LogP contribution in [0.2, 0.25) is 0 Å². The van der Waals surface area contributed by atoms with Crippen LogP contribution in [-0.2, 0) is 6.18 Å². The van der Waals surface area contributed by atoms with Gasteiger partial charge in [-0.05, 0) is 62.1 Å². The monoisotopic (exact) mass is 418 g/mol. The molecule has 30 heavy (non-hydrogen) atoms. The van der Waals surface area contributed by atoms with Crippen molar-refractivity contribution in [2.24, 2.45) is 17.8 Å². The van der Waals surface area contributed by atoms with Crippen LogP contribution in [0.25, 0.3) is 17.1 Å². The smallest absolute Gasteiger partial charge is 0.433 e. The zero-order valence-electron chi connectivity index (χ0n) is 16.3. The summed E-state index contributed by atoms with van der Waals surface area (Å²) >= 11 is 0. The van der Waals surface area contributed by atoms with Crippen LogP contribution in [0.4, 0.5) is 13.2 Å². The first kappa shape index (κ1) is 19.1. The molecule has 2 aliphatic rings. The molecule has 2 saturated carbocycles. The van der Waals surface area contributed by atoms with E-state index in [1.54, 1.807) is 6.07 Å². The van der Waals surface area contributed by atoms with Crippen LogP contribution in [0.3, 0.4) is 0 Å². The molecule has 3 aromatic rings. The van der Waals surface area contributed by atoms with Gasteiger partial charge >= 0.3 is 6.18 Å². The van der Waals surface area contributed by atoms with Crippen LogP contribution < -0.4 is 5.32 Å². The molecule has 2 aliphatic carbocycles. The lowest BCUT2D eigenvalue weighted by molar-refractivity contribution is -0.142. The molecule has 3 heterocycles. The average Bonchev–Trinajstić information content (AvgIpc) is 3.50. The number of fused-ring (bicyclic) bond motifs is 3. The van der Waals surface area contributed by atoms with Crippen LogP contribution in [0, 0.1) is 17.8 Å². The van der Waals surface area contributed by atoms with Gasteiger partial charge in [-0.15, -0.1) is 0 Å². The predicted octanol–water partition coefficient (Wildman–Crippen LogP) is 4.56. The summed E-state index contributed by atoms with van der Waals surface area (Å²) in [5.74, 6) is 1.49. The fourth-order valence-electron chi connectivity index (χ4n) is 5.17. The molecule has 158 valence electrons. The summed E-state index contributed by atoms with van der Waals surface area (Å²) in [5, 5.41) is 6.79. The fraction of sp³-hybridized carbons (Fsp3) is 0.476. The topological polar surface area (TPSA) is 72.4 Å². The summed E-state index contributed by atoms with van der Waals surface area (Å²) in [4.78, 5) is 17.2. The van der Waals surface area contributed by atoms with Crippen LogP contribution in [0.15, 0.2) is 35.1 Å². The largest absolute Gasteiger partial charge is 0.463 e. The van der Waals surface area contributed by atoms with Gasteiger partial charge in [0.25, 0.3) is 5.91 Å². The minimum Gasteiger partial charge on any atom is -0.463 e. The molecule has 0 radical (unpaired) electrons. The van der Waals surface area contributed by atoms with E-state index in [1.165, 1.54) is 31.6 Å². The molecular formula is C21H21F3N4O2. The van der Waals surface area contributed by atoms with Gasteiger partial charge in [-0.25, -0.2) is 9.50 Å². The quantitative estimate of drug-likeness (QED) is 0.674. The lowest BCUT2D eigenvalue weighted by atomic mass is 9.84. The Labute approximate surface area is 170 Å². The van der Waals surface area contributed by atoms with Gasteiger partial charge in [0.2, 0.25) is 0 Å². The second-order valence-electron chi connectivity index (χ2n) is 8.40. The van der Waals surface area contributed by atoms with E-state index in [9.17, 15) is 18.0 Å². The molecule has 0 aromatic carbocycles. The Hall–Kier alpha value is -2.84. The van der Waals surface area contributed by atoms with E-state index >= 15 is 0 Å². The predicted molar refractivity (Wildman–Crippen MR) is 102 cm³/mol. The molecule has 0 spiro atoms. The third-order valence-corrected chi connectivity index (χ3v) is 6.57. The van der Waals surface area contributed by atoms with Gasteiger partial charge in [-0.1, -0.05) is 6.42 Å². The number of furan rings is 1. The van der Waals surface area contributed by atoms with E-state index in [-0.39, 0.29) is 28.7 Å². The molecule has 9 heteroatoms. The standard InChI is InChI=1S/C21H21F3N4O2/c1-11(14-8-12-4-5-13(14)7-12)26-20(29)15-10-25-28-18(21(22,23)24)9-16(27-19(15)28)17-3-2-6-30-17/h2-3,6,9-14H,4-5,7-8H2,1H3,(H,26,29)/t11-,12-,13-,14+/m1/s1. The Morgan fingerprint density at radius 1 is 1.33 bits per heavy atom. The van der Waals surface area contributed by atoms with E-state index in [1.807, 2.05) is 6.92 Å². The van der Waals surface area contributed by atoms with E-state index < -0.39 is 17.8 Å². The second-order valence-corrected chi connectivity index (χ2v) is 8.40. The molecule has 0 unspecified atom stereocenters. The summed E-state index contributed by atoms with van der Waals surface area (Å²) < 4.78 is 46.8. The highest BCUT2D eigenvalue weighted by molar-refractivity contribution is 6.00. The van der Waals surface area contributed by atoms with Crippen molar-refractivity contribution in [2.75, 3.05) is 0 Å². The maximum atomic E-state index is 13.6. The maximum Gasteiger partial charge on any atom is 0.433 e. The third kappa shape index (κ3) is 3.16. The highest BCUT2D eigenvalue weighted by atomic mass is 19.4. The van der Waals surface area contributed by atoms with Gasteiger partial charge in [-0.3, -0.25) is 4.79 Å². The number of hydrogen-bond donors (Lipinski definition) is 1. The lowest BCUT2D eigenvalue weighted by Crippen LogP contribution is -2.40. The van der Waals surface area contributed by atoms with Gasteiger partial charge in [-0.2, -0.15) is 18.3 Å². The summed E-state index contributed by atoms with van der Waals surface area (Å²) in [6.07, 6.45) is 2.59. The van der Waals surface area contributed by atoms with Crippen LogP contribution in [0.1, 0.15) is 48.7 Å². The number of alkyl halides is 3. The summed E-state index contributed by atoms with van der Waals surface area (Å²) in [5.41, 5.74) is -1.15. The molecule has 0 saturated heterocycles. The normalized spacial score (nSPS) is 24.5. The summed E-state index contributed by atoms with van der Waals surface area (Å²) in [6, 6.07) is 3.90. The van der Waals surface area contributed by atoms with Crippen molar-refractivity contribution in [3.8, 4) is 11.5 Å². The number of aromatic nitrogens is 3. The molecule has 4 atom stereocenters. The molecule has 0 aliphatic heterocycles.